The van der Waals surface area contributed by atoms with Crippen molar-refractivity contribution in [2.24, 2.45) is 0 Å². The van der Waals surface area contributed by atoms with E-state index in [0.717, 1.165) is 12.4 Å². The second kappa shape index (κ2) is 10.9. The van der Waals surface area contributed by atoms with Crippen LogP contribution >= 0.6 is 11.6 Å². The maximum Gasteiger partial charge on any atom is 0.267 e. The number of hydrogen-bond acceptors (Lipinski definition) is 8. The van der Waals surface area contributed by atoms with E-state index in [1.54, 1.807) is 37.3 Å². The molecule has 0 amide bonds. The third-order valence-corrected chi connectivity index (χ3v) is 6.68. The van der Waals surface area contributed by atoms with Gasteiger partial charge < -0.3 is 15.8 Å². The summed E-state index contributed by atoms with van der Waals surface area (Å²) in [5.41, 5.74) is 4.60. The molecule has 2 aromatic heterocycles. The molecule has 0 spiro atoms. The van der Waals surface area contributed by atoms with Crippen molar-refractivity contribution in [3.05, 3.63) is 111 Å². The first-order chi connectivity index (χ1) is 19.6. The molecular formula is C28H21ClF3N7O2. The van der Waals surface area contributed by atoms with Crippen LogP contribution in [0.3, 0.4) is 0 Å². The number of halogens is 4. The molecule has 208 valence electrons. The zero-order valence-corrected chi connectivity index (χ0v) is 22.3. The molecule has 0 fully saturated rings. The molecule has 0 saturated heterocycles. The summed E-state index contributed by atoms with van der Waals surface area (Å²) in [6.07, 6.45) is 1.11. The van der Waals surface area contributed by atoms with Crippen molar-refractivity contribution in [3.63, 3.8) is 0 Å². The van der Waals surface area contributed by atoms with Crippen molar-refractivity contribution in [1.29, 1.82) is 5.41 Å². The Morgan fingerprint density at radius 1 is 1.07 bits per heavy atom. The van der Waals surface area contributed by atoms with Crippen LogP contribution in [-0.4, -0.2) is 32.3 Å². The number of nitrogens with two attached hydrogens (primary N) is 1. The summed E-state index contributed by atoms with van der Waals surface area (Å²) in [5, 5.41) is 11.6. The van der Waals surface area contributed by atoms with Crippen molar-refractivity contribution in [1.82, 2.24) is 19.5 Å². The predicted octanol–water partition coefficient (Wildman–Crippen LogP) is 5.43. The zero-order chi connectivity index (χ0) is 29.4. The quantitative estimate of drug-likeness (QED) is 0.219. The average Bonchev–Trinajstić information content (AvgIpc) is 2.96. The van der Waals surface area contributed by atoms with Crippen LogP contribution in [0, 0.1) is 22.9 Å². The monoisotopic (exact) mass is 579 g/mol. The van der Waals surface area contributed by atoms with E-state index in [4.69, 9.17) is 27.5 Å². The summed E-state index contributed by atoms with van der Waals surface area (Å²) in [6, 6.07) is 12.4. The van der Waals surface area contributed by atoms with Crippen LogP contribution in [0.25, 0.3) is 16.6 Å². The minimum absolute atomic E-state index is 0.0313. The molecular weight excluding hydrogens is 559 g/mol. The maximum absolute atomic E-state index is 14.9. The number of fused-ring (bicyclic) bond motifs is 1. The largest absolute Gasteiger partial charge is 0.494 e. The highest BCUT2D eigenvalue weighted by atomic mass is 35.5. The molecule has 3 aromatic carbocycles. The lowest BCUT2D eigenvalue weighted by molar-refractivity contribution is 0.371. The van der Waals surface area contributed by atoms with Crippen molar-refractivity contribution in [3.8, 4) is 11.4 Å². The van der Waals surface area contributed by atoms with Gasteiger partial charge in [0.15, 0.2) is 11.6 Å². The van der Waals surface area contributed by atoms with Gasteiger partial charge in [0.1, 0.15) is 35.1 Å². The third kappa shape index (κ3) is 4.82. The first kappa shape index (κ1) is 27.6. The van der Waals surface area contributed by atoms with Crippen LogP contribution in [0.2, 0.25) is 5.02 Å². The second-order valence-corrected chi connectivity index (χ2v) is 9.27. The number of benzene rings is 3. The summed E-state index contributed by atoms with van der Waals surface area (Å²) in [6.45, 7) is 1.62. The highest BCUT2D eigenvalue weighted by Crippen LogP contribution is 2.30. The number of anilines is 2. The van der Waals surface area contributed by atoms with E-state index in [-0.39, 0.29) is 44.7 Å². The maximum atomic E-state index is 14.9. The van der Waals surface area contributed by atoms with E-state index < -0.39 is 40.3 Å². The highest BCUT2D eigenvalue weighted by molar-refractivity contribution is 6.35. The van der Waals surface area contributed by atoms with Gasteiger partial charge in [-0.15, -0.1) is 0 Å². The van der Waals surface area contributed by atoms with E-state index in [1.807, 2.05) is 0 Å². The molecule has 1 atom stereocenters. The SMILES string of the molecule is COc1ccc(C(=N)c2c(N)ncnc2NC(C)c2nc3c(F)ccc(Cl)c3c(=O)n2-c2ccccc2)c(F)c1F. The number of aromatic nitrogens is 4. The topological polar surface area (TPSA) is 132 Å². The van der Waals surface area contributed by atoms with Crippen molar-refractivity contribution in [2.45, 2.75) is 13.0 Å². The third-order valence-electron chi connectivity index (χ3n) is 6.37. The fourth-order valence-corrected chi connectivity index (χ4v) is 4.63. The van der Waals surface area contributed by atoms with Crippen LogP contribution in [0.5, 0.6) is 5.75 Å². The molecule has 0 saturated carbocycles. The molecule has 0 aliphatic rings. The number of para-hydroxylation sites is 1. The highest BCUT2D eigenvalue weighted by Gasteiger charge is 2.26. The molecule has 4 N–H and O–H groups in total. The van der Waals surface area contributed by atoms with Gasteiger partial charge >= 0.3 is 0 Å². The second-order valence-electron chi connectivity index (χ2n) is 8.87. The summed E-state index contributed by atoms with van der Waals surface area (Å²) >= 11 is 6.27. The smallest absolute Gasteiger partial charge is 0.267 e. The lowest BCUT2D eigenvalue weighted by Gasteiger charge is -2.22. The van der Waals surface area contributed by atoms with Gasteiger partial charge in [0.2, 0.25) is 5.82 Å². The summed E-state index contributed by atoms with van der Waals surface area (Å²) in [5.74, 6) is -3.84. The Hall–Kier alpha value is -4.97. The number of methoxy groups -OCH3 is 1. The Bertz CT molecular complexity index is 1880. The van der Waals surface area contributed by atoms with E-state index in [2.05, 4.69) is 20.3 Å². The fraction of sp³-hybridized carbons (Fsp3) is 0.107. The van der Waals surface area contributed by atoms with Gasteiger partial charge in [-0.2, -0.15) is 4.39 Å². The molecule has 1 unspecified atom stereocenters. The summed E-state index contributed by atoms with van der Waals surface area (Å²) < 4.78 is 50.3. The zero-order valence-electron chi connectivity index (χ0n) is 21.5. The van der Waals surface area contributed by atoms with Gasteiger partial charge in [-0.1, -0.05) is 29.8 Å². The van der Waals surface area contributed by atoms with Gasteiger partial charge in [-0.25, -0.2) is 23.7 Å². The van der Waals surface area contributed by atoms with Crippen molar-refractivity contribution < 1.29 is 17.9 Å². The Morgan fingerprint density at radius 3 is 2.51 bits per heavy atom. The van der Waals surface area contributed by atoms with E-state index in [1.165, 1.54) is 29.9 Å². The molecule has 2 heterocycles. The number of hydrogen-bond donors (Lipinski definition) is 3. The first-order valence-electron chi connectivity index (χ1n) is 12.1. The molecule has 0 aliphatic carbocycles. The van der Waals surface area contributed by atoms with Crippen LogP contribution < -0.4 is 21.3 Å². The minimum atomic E-state index is -1.32. The number of ether oxygens (including phenoxy) is 1. The summed E-state index contributed by atoms with van der Waals surface area (Å²) in [4.78, 5) is 26.2. The molecule has 9 nitrogen and oxygen atoms in total. The Labute approximate surface area is 235 Å². The van der Waals surface area contributed by atoms with Gasteiger partial charge in [0.25, 0.3) is 5.56 Å². The molecule has 5 aromatic rings. The van der Waals surface area contributed by atoms with Gasteiger partial charge in [0, 0.05) is 5.56 Å². The van der Waals surface area contributed by atoms with E-state index >= 15 is 0 Å². The molecule has 0 aliphatic heterocycles. The Morgan fingerprint density at radius 2 is 1.80 bits per heavy atom. The minimum Gasteiger partial charge on any atom is -0.494 e. The van der Waals surface area contributed by atoms with E-state index in [9.17, 15) is 18.0 Å². The van der Waals surface area contributed by atoms with Crippen LogP contribution in [0.15, 0.2) is 65.7 Å². The summed E-state index contributed by atoms with van der Waals surface area (Å²) in [7, 11) is 1.19. The predicted molar refractivity (Wildman–Crippen MR) is 150 cm³/mol. The van der Waals surface area contributed by atoms with Crippen molar-refractivity contribution >= 4 is 39.9 Å². The average molecular weight is 580 g/mol. The van der Waals surface area contributed by atoms with Crippen molar-refractivity contribution in [2.75, 3.05) is 18.2 Å². The normalized spacial score (nSPS) is 11.9. The lowest BCUT2D eigenvalue weighted by atomic mass is 10.0. The van der Waals surface area contributed by atoms with Crippen LogP contribution in [0.4, 0.5) is 24.8 Å². The van der Waals surface area contributed by atoms with E-state index in [0.29, 0.717) is 5.69 Å². The number of rotatable bonds is 7. The van der Waals surface area contributed by atoms with Crippen LogP contribution in [-0.2, 0) is 0 Å². The Kier molecular flexibility index (Phi) is 7.33. The fourth-order valence-electron chi connectivity index (χ4n) is 4.39. The van der Waals surface area contributed by atoms with Gasteiger partial charge in [-0.3, -0.25) is 14.8 Å². The van der Waals surface area contributed by atoms with Gasteiger partial charge in [0.05, 0.1) is 40.5 Å². The molecule has 5 rings (SSSR count). The van der Waals surface area contributed by atoms with Crippen LogP contribution in [0.1, 0.15) is 29.9 Å². The lowest BCUT2D eigenvalue weighted by Crippen LogP contribution is -2.28. The molecule has 41 heavy (non-hydrogen) atoms. The Balaban J connectivity index is 1.66. The molecule has 13 heteroatoms. The number of nitrogens with zero attached hydrogens (tertiary/aromatic N) is 4. The van der Waals surface area contributed by atoms with Gasteiger partial charge in [-0.05, 0) is 43.3 Å². The number of nitrogens with one attached hydrogen (secondary N) is 2. The molecule has 0 radical (unpaired) electrons. The first-order valence-corrected chi connectivity index (χ1v) is 12.5. The molecule has 0 bridgehead atoms. The number of nitrogen functional groups attached to an aromatic ring is 1. The standard InChI is InChI=1S/C28H21ClF3N7O2/c1-13(27-38-24-17(30)10-9-16(29)19(24)28(40)39(27)14-6-4-3-5-7-14)37-26-20(25(34)35-12-36-26)23(33)15-8-11-18(41-2)22(32)21(15)31/h3-13,33H,1-2H3,(H3,34,35,36,37).